The van der Waals surface area contributed by atoms with Crippen LogP contribution in [0.4, 0.5) is 22.1 Å². The number of anilines is 3. The molecule has 1 fully saturated rings. The van der Waals surface area contributed by atoms with Gasteiger partial charge in [-0.1, -0.05) is 0 Å². The molecule has 35 heavy (non-hydrogen) atoms. The first-order valence-corrected chi connectivity index (χ1v) is 13.0. The van der Waals surface area contributed by atoms with Crippen molar-refractivity contribution in [1.29, 1.82) is 0 Å². The lowest BCUT2D eigenvalue weighted by Gasteiger charge is -2.34. The Hall–Kier alpha value is -3.39. The van der Waals surface area contributed by atoms with Gasteiger partial charge in [-0.3, -0.25) is 14.4 Å². The average Bonchev–Trinajstić information content (AvgIpc) is 3.27. The van der Waals surface area contributed by atoms with Crippen LogP contribution in [-0.4, -0.2) is 74.1 Å². The van der Waals surface area contributed by atoms with Crippen molar-refractivity contribution in [3.05, 3.63) is 48.3 Å². The molecule has 0 spiro atoms. The number of methoxy groups -OCH3 is 1. The molecule has 0 unspecified atom stereocenters. The van der Waals surface area contributed by atoms with Crippen molar-refractivity contribution in [1.82, 2.24) is 19.7 Å². The number of morpholine rings is 1. The van der Waals surface area contributed by atoms with Crippen LogP contribution in [0.15, 0.2) is 42.6 Å². The minimum absolute atomic E-state index is 0.00904. The van der Waals surface area contributed by atoms with Gasteiger partial charge in [0.2, 0.25) is 0 Å². The van der Waals surface area contributed by atoms with E-state index in [0.717, 1.165) is 0 Å². The van der Waals surface area contributed by atoms with Crippen LogP contribution in [-0.2, 0) is 10.5 Å². The van der Waals surface area contributed by atoms with E-state index >= 15 is 0 Å². The zero-order chi connectivity index (χ0) is 25.0. The van der Waals surface area contributed by atoms with Gasteiger partial charge in [0.1, 0.15) is 11.6 Å². The molecule has 0 bridgehead atoms. The smallest absolute Gasteiger partial charge is 0.324 e. The Morgan fingerprint density at radius 3 is 2.69 bits per heavy atom. The summed E-state index contributed by atoms with van der Waals surface area (Å²) >= 11 is 0. The first kappa shape index (κ1) is 24.7. The van der Waals surface area contributed by atoms with E-state index in [-0.39, 0.29) is 17.7 Å². The second-order valence-corrected chi connectivity index (χ2v) is 10.5. The van der Waals surface area contributed by atoms with E-state index in [0.29, 0.717) is 48.5 Å². The predicted molar refractivity (Wildman–Crippen MR) is 135 cm³/mol. The van der Waals surface area contributed by atoms with Crippen LogP contribution >= 0.6 is 10.6 Å². The van der Waals surface area contributed by atoms with Gasteiger partial charge in [-0.25, -0.2) is 14.5 Å². The summed E-state index contributed by atoms with van der Waals surface area (Å²) in [7, 11) is -1.25. The van der Waals surface area contributed by atoms with Crippen molar-refractivity contribution in [3.63, 3.8) is 0 Å². The first-order chi connectivity index (χ1) is 16.7. The van der Waals surface area contributed by atoms with E-state index in [1.807, 2.05) is 6.92 Å². The lowest BCUT2D eigenvalue weighted by molar-refractivity contribution is 0.0985. The van der Waals surface area contributed by atoms with Crippen LogP contribution in [0.25, 0.3) is 5.95 Å². The monoisotopic (exact) mass is 503 g/mol. The molecule has 1 aromatic carbocycles. The van der Waals surface area contributed by atoms with Gasteiger partial charge >= 0.3 is 6.03 Å². The number of amides is 2. The van der Waals surface area contributed by atoms with Crippen LogP contribution in [0.2, 0.25) is 0 Å². The third kappa shape index (κ3) is 6.60. The molecule has 4 N–H and O–H groups in total. The lowest BCUT2D eigenvalue weighted by atomic mass is 10.2. The Kier molecular flexibility index (Phi) is 7.40. The molecule has 2 amide bonds. The molecule has 0 radical (unpaired) electrons. The zero-order valence-corrected chi connectivity index (χ0v) is 20.5. The van der Waals surface area contributed by atoms with Crippen molar-refractivity contribution in [2.75, 3.05) is 48.7 Å². The van der Waals surface area contributed by atoms with E-state index in [4.69, 9.17) is 9.47 Å². The predicted octanol–water partition coefficient (Wildman–Crippen LogP) is 3.42. The number of benzene rings is 1. The van der Waals surface area contributed by atoms with E-state index in [1.54, 1.807) is 49.7 Å². The Labute approximate surface area is 204 Å². The van der Waals surface area contributed by atoms with Crippen LogP contribution in [0.5, 0.6) is 5.75 Å². The Morgan fingerprint density at radius 1 is 1.23 bits per heavy atom. The number of aromatic nitrogens is 4. The average molecular weight is 504 g/mol. The summed E-state index contributed by atoms with van der Waals surface area (Å²) in [5.74, 6) is 1.87. The van der Waals surface area contributed by atoms with Crippen molar-refractivity contribution in [2.24, 2.45) is 0 Å². The van der Waals surface area contributed by atoms with Gasteiger partial charge in [0.15, 0.2) is 5.82 Å². The molecule has 12 nitrogen and oxygen atoms in total. The maximum absolute atomic E-state index is 12.4. The molecule has 1 saturated heterocycles. The van der Waals surface area contributed by atoms with Gasteiger partial charge in [0, 0.05) is 36.8 Å². The summed E-state index contributed by atoms with van der Waals surface area (Å²) in [5.41, 5.74) is 1.08. The van der Waals surface area contributed by atoms with E-state index in [1.165, 1.54) is 10.9 Å². The zero-order valence-electron chi connectivity index (χ0n) is 19.7. The van der Waals surface area contributed by atoms with E-state index in [9.17, 15) is 13.9 Å². The molecule has 2 aromatic heterocycles. The summed E-state index contributed by atoms with van der Waals surface area (Å²) in [4.78, 5) is 23.6. The third-order valence-corrected chi connectivity index (χ3v) is 6.06. The normalized spacial score (nSPS) is 16.6. The van der Waals surface area contributed by atoms with E-state index in [2.05, 4.69) is 30.6 Å². The third-order valence-electron chi connectivity index (χ3n) is 5.22. The summed E-state index contributed by atoms with van der Waals surface area (Å²) in [6, 6.07) is 9.95. The van der Waals surface area contributed by atoms with E-state index < -0.39 is 16.6 Å². The first-order valence-electron chi connectivity index (χ1n) is 10.9. The van der Waals surface area contributed by atoms with Crippen LogP contribution in [0, 0.1) is 0 Å². The molecule has 1 aliphatic rings. The molecule has 1 aliphatic heterocycles. The van der Waals surface area contributed by atoms with Crippen LogP contribution in [0.3, 0.4) is 0 Å². The fourth-order valence-corrected chi connectivity index (χ4v) is 4.30. The Morgan fingerprint density at radius 2 is 2.00 bits per heavy atom. The van der Waals surface area contributed by atoms with Crippen LogP contribution in [0.1, 0.15) is 12.6 Å². The van der Waals surface area contributed by atoms with Crippen LogP contribution < -0.4 is 20.3 Å². The number of ether oxygens (including phenoxy) is 2. The number of hydrogen-bond acceptors (Lipinski definition) is 9. The fourth-order valence-electron chi connectivity index (χ4n) is 3.60. The highest BCUT2D eigenvalue weighted by Gasteiger charge is 2.23. The highest BCUT2D eigenvalue weighted by atomic mass is 32.3. The number of urea groups is 1. The molecule has 4 rings (SSSR count). The summed E-state index contributed by atoms with van der Waals surface area (Å²) in [6.07, 6.45) is 3.00. The minimum atomic E-state index is -2.82. The number of nitrogens with one attached hydrogen (secondary N) is 2. The molecule has 3 aromatic rings. The lowest BCUT2D eigenvalue weighted by Crippen LogP contribution is -2.44. The quantitative estimate of drug-likeness (QED) is 0.381. The molecule has 3 heterocycles. The Bertz CT molecular complexity index is 1170. The van der Waals surface area contributed by atoms with Crippen molar-refractivity contribution >= 4 is 33.9 Å². The fraction of sp³-hybridized carbons (Fsp3) is 0.364. The molecule has 0 saturated carbocycles. The summed E-state index contributed by atoms with van der Waals surface area (Å²) < 4.78 is 32.1. The van der Waals surface area contributed by atoms with Crippen molar-refractivity contribution < 1.29 is 23.4 Å². The molecular formula is C22H29N7O5S. The number of carbonyl (C=O) groups excluding carboxylic acids is 1. The molecule has 188 valence electrons. The van der Waals surface area contributed by atoms with Gasteiger partial charge in [-0.15, -0.1) is 5.10 Å². The SMILES string of the molecule is COc1ccc(NC(=O)Nc2ccn(-c3nc(CS(C)(O)O)cc(N4CCOC[C@@H]4C)n3)n2)cc1. The topological polar surface area (TPSA) is 147 Å². The minimum Gasteiger partial charge on any atom is -0.497 e. The molecule has 0 aliphatic carbocycles. The second kappa shape index (κ2) is 10.5. The van der Waals surface area contributed by atoms with Gasteiger partial charge in [0.25, 0.3) is 5.95 Å². The molecular weight excluding hydrogens is 474 g/mol. The van der Waals surface area contributed by atoms with Gasteiger partial charge < -0.3 is 19.7 Å². The van der Waals surface area contributed by atoms with Gasteiger partial charge in [-0.2, -0.15) is 15.6 Å². The molecule has 13 heteroatoms. The second-order valence-electron chi connectivity index (χ2n) is 8.23. The maximum atomic E-state index is 12.4. The number of rotatable bonds is 7. The number of hydrogen-bond donors (Lipinski definition) is 4. The standard InChI is InChI=1S/C22H29N7O5S/c1-15-13-34-11-10-28(15)20-12-17(14-35(3,31)32)23-21(26-20)29-9-8-19(27-29)25-22(30)24-16-4-6-18(33-2)7-5-16/h4-9,12,15,31-32H,10-11,13-14H2,1-3H3,(H2,24,25,27,30)/t15-/m0/s1. The highest BCUT2D eigenvalue weighted by molar-refractivity contribution is 8.23. The van der Waals surface area contributed by atoms with Crippen molar-refractivity contribution in [3.8, 4) is 11.7 Å². The van der Waals surface area contributed by atoms with Gasteiger partial charge in [0.05, 0.1) is 37.8 Å². The summed E-state index contributed by atoms with van der Waals surface area (Å²) in [6.45, 7) is 3.82. The molecule has 1 atom stereocenters. The number of nitrogens with zero attached hydrogens (tertiary/aromatic N) is 5. The summed E-state index contributed by atoms with van der Waals surface area (Å²) in [5, 5.41) is 9.77. The van der Waals surface area contributed by atoms with Gasteiger partial charge in [-0.05, 0) is 31.2 Å². The largest absolute Gasteiger partial charge is 0.497 e. The van der Waals surface area contributed by atoms with Crippen molar-refractivity contribution in [2.45, 2.75) is 18.7 Å². The highest BCUT2D eigenvalue weighted by Crippen LogP contribution is 2.38. The maximum Gasteiger partial charge on any atom is 0.324 e. The number of carbonyl (C=O) groups is 1. The Balaban J connectivity index is 1.53.